The summed E-state index contributed by atoms with van der Waals surface area (Å²) in [6.45, 7) is 8.13. The molecule has 28 heavy (non-hydrogen) atoms. The van der Waals surface area contributed by atoms with Crippen molar-refractivity contribution in [3.8, 4) is 11.5 Å². The summed E-state index contributed by atoms with van der Waals surface area (Å²) in [6, 6.07) is 4.38. The van der Waals surface area contributed by atoms with Crippen molar-refractivity contribution in [2.75, 3.05) is 7.11 Å². The van der Waals surface area contributed by atoms with E-state index in [2.05, 4.69) is 6.08 Å². The first kappa shape index (κ1) is 22.0. The number of hydrogen-bond acceptors (Lipinski definition) is 5. The molecule has 0 saturated heterocycles. The summed E-state index contributed by atoms with van der Waals surface area (Å²) >= 11 is 0. The zero-order chi connectivity index (χ0) is 20.8. The van der Waals surface area contributed by atoms with Gasteiger partial charge in [-0.1, -0.05) is 37.1 Å². The Morgan fingerprint density at radius 1 is 1.21 bits per heavy atom. The molecule has 5 heteroatoms. The third-order valence-electron chi connectivity index (χ3n) is 5.28. The van der Waals surface area contributed by atoms with E-state index in [-0.39, 0.29) is 23.3 Å². The Labute approximate surface area is 167 Å². The molecule has 0 spiro atoms. The number of allylic oxidation sites excluding steroid dienone is 2. The van der Waals surface area contributed by atoms with E-state index in [0.717, 1.165) is 24.0 Å². The highest BCUT2D eigenvalue weighted by Crippen LogP contribution is 2.31. The molecule has 0 heterocycles. The number of aromatic hydroxyl groups is 1. The maximum atomic E-state index is 12.8. The summed E-state index contributed by atoms with van der Waals surface area (Å²) in [7, 11) is 1.43. The normalized spacial score (nSPS) is 23.6. The molecule has 0 saturated carbocycles. The molecule has 0 fully saturated rings. The number of carbonyl (C=O) groups excluding carboxylic acids is 1. The standard InChI is InChI=1S/C23H32O5/c1-14(2)22-19(25)11-15(3)7-6-8-16(4)12-21(22)28-23(26)17-9-10-18(24)20(13-17)27-5/h8-11,13-14,19,21-22,24-25H,6-7,12H2,1-5H3/t19-,21-,22-/m0/s1. The minimum Gasteiger partial charge on any atom is -0.504 e. The lowest BCUT2D eigenvalue weighted by molar-refractivity contribution is -0.0217. The van der Waals surface area contributed by atoms with Crippen molar-refractivity contribution in [1.82, 2.24) is 0 Å². The van der Waals surface area contributed by atoms with Gasteiger partial charge >= 0.3 is 5.97 Å². The summed E-state index contributed by atoms with van der Waals surface area (Å²) in [6.07, 6.45) is 5.33. The molecule has 154 valence electrons. The molecule has 0 bridgehead atoms. The molecule has 0 aliphatic heterocycles. The van der Waals surface area contributed by atoms with E-state index in [0.29, 0.717) is 12.0 Å². The number of aliphatic hydroxyl groups is 1. The molecular formula is C23H32O5. The van der Waals surface area contributed by atoms with Gasteiger partial charge in [0.15, 0.2) is 11.5 Å². The molecule has 0 aromatic heterocycles. The Balaban J connectivity index is 2.33. The van der Waals surface area contributed by atoms with Gasteiger partial charge in [-0.2, -0.15) is 0 Å². The number of aliphatic hydroxyl groups excluding tert-OH is 1. The van der Waals surface area contributed by atoms with E-state index in [9.17, 15) is 15.0 Å². The number of esters is 1. The van der Waals surface area contributed by atoms with Crippen LogP contribution in [-0.4, -0.2) is 35.5 Å². The van der Waals surface area contributed by atoms with Gasteiger partial charge in [0.1, 0.15) is 6.10 Å². The molecule has 2 rings (SSSR count). The maximum absolute atomic E-state index is 12.8. The Kier molecular flexibility index (Phi) is 7.69. The molecule has 1 aromatic rings. The molecule has 5 nitrogen and oxygen atoms in total. The number of phenols is 1. The largest absolute Gasteiger partial charge is 0.504 e. The molecule has 0 unspecified atom stereocenters. The maximum Gasteiger partial charge on any atom is 0.338 e. The van der Waals surface area contributed by atoms with Crippen LogP contribution in [0.3, 0.4) is 0 Å². The van der Waals surface area contributed by atoms with Crippen LogP contribution in [0.5, 0.6) is 11.5 Å². The number of benzene rings is 1. The number of rotatable bonds is 4. The predicted molar refractivity (Wildman–Crippen MR) is 110 cm³/mol. The molecule has 2 N–H and O–H groups in total. The lowest BCUT2D eigenvalue weighted by Gasteiger charge is -2.33. The van der Waals surface area contributed by atoms with Gasteiger partial charge in [0.2, 0.25) is 0 Å². The zero-order valence-corrected chi connectivity index (χ0v) is 17.4. The van der Waals surface area contributed by atoms with E-state index in [1.165, 1.54) is 25.3 Å². The molecular weight excluding hydrogens is 356 g/mol. The Morgan fingerprint density at radius 3 is 2.57 bits per heavy atom. The Bertz CT molecular complexity index is 747. The fourth-order valence-electron chi connectivity index (χ4n) is 3.74. The van der Waals surface area contributed by atoms with Gasteiger partial charge in [0, 0.05) is 12.3 Å². The molecule has 1 aliphatic rings. The number of phenolic OH excluding ortho intramolecular Hbond substituents is 1. The van der Waals surface area contributed by atoms with E-state index in [1.807, 2.05) is 33.8 Å². The Hall–Kier alpha value is -2.27. The van der Waals surface area contributed by atoms with Crippen molar-refractivity contribution in [1.29, 1.82) is 0 Å². The molecule has 1 aromatic carbocycles. The predicted octanol–water partition coefficient (Wildman–Crippen LogP) is 4.64. The summed E-state index contributed by atoms with van der Waals surface area (Å²) in [5.41, 5.74) is 2.59. The van der Waals surface area contributed by atoms with E-state index in [4.69, 9.17) is 9.47 Å². The summed E-state index contributed by atoms with van der Waals surface area (Å²) < 4.78 is 11.0. The minimum absolute atomic E-state index is 0.0346. The van der Waals surface area contributed by atoms with E-state index < -0.39 is 18.2 Å². The van der Waals surface area contributed by atoms with Crippen molar-refractivity contribution in [3.05, 3.63) is 47.1 Å². The van der Waals surface area contributed by atoms with Gasteiger partial charge in [0.05, 0.1) is 18.8 Å². The number of methoxy groups -OCH3 is 1. The van der Waals surface area contributed by atoms with E-state index >= 15 is 0 Å². The van der Waals surface area contributed by atoms with Crippen LogP contribution in [0.1, 0.15) is 57.3 Å². The quantitative estimate of drug-likeness (QED) is 0.581. The highest BCUT2D eigenvalue weighted by atomic mass is 16.5. The van der Waals surface area contributed by atoms with Crippen LogP contribution in [0.15, 0.2) is 41.5 Å². The minimum atomic E-state index is -0.682. The van der Waals surface area contributed by atoms with Gasteiger partial charge < -0.3 is 19.7 Å². The second-order valence-corrected chi connectivity index (χ2v) is 7.95. The van der Waals surface area contributed by atoms with Crippen LogP contribution in [0.2, 0.25) is 0 Å². The van der Waals surface area contributed by atoms with E-state index in [1.54, 1.807) is 0 Å². The summed E-state index contributed by atoms with van der Waals surface area (Å²) in [5.74, 6) is -0.410. The third-order valence-corrected chi connectivity index (χ3v) is 5.28. The van der Waals surface area contributed by atoms with Crippen LogP contribution in [0.25, 0.3) is 0 Å². The first-order valence-electron chi connectivity index (χ1n) is 9.82. The second-order valence-electron chi connectivity index (χ2n) is 7.95. The van der Waals surface area contributed by atoms with Crippen molar-refractivity contribution >= 4 is 5.97 Å². The van der Waals surface area contributed by atoms with Crippen molar-refractivity contribution in [3.63, 3.8) is 0 Å². The first-order chi connectivity index (χ1) is 13.2. The topological polar surface area (TPSA) is 76.0 Å². The molecule has 3 atom stereocenters. The Morgan fingerprint density at radius 2 is 1.93 bits per heavy atom. The average Bonchev–Trinajstić information content (AvgIpc) is 2.61. The van der Waals surface area contributed by atoms with Crippen LogP contribution in [0.4, 0.5) is 0 Å². The lowest BCUT2D eigenvalue weighted by Crippen LogP contribution is -2.38. The van der Waals surface area contributed by atoms with Gasteiger partial charge in [0.25, 0.3) is 0 Å². The third kappa shape index (κ3) is 5.61. The monoisotopic (exact) mass is 388 g/mol. The van der Waals surface area contributed by atoms with Crippen LogP contribution < -0.4 is 4.74 Å². The van der Waals surface area contributed by atoms with Crippen LogP contribution in [-0.2, 0) is 4.74 Å². The fraction of sp³-hybridized carbons (Fsp3) is 0.522. The van der Waals surface area contributed by atoms with Crippen molar-refractivity contribution in [2.45, 2.75) is 59.2 Å². The van der Waals surface area contributed by atoms with Crippen molar-refractivity contribution < 1.29 is 24.5 Å². The number of ether oxygens (including phenoxy) is 2. The van der Waals surface area contributed by atoms with Gasteiger partial charge in [-0.05, 0) is 50.8 Å². The van der Waals surface area contributed by atoms with Gasteiger partial charge in [-0.25, -0.2) is 4.79 Å². The first-order valence-corrected chi connectivity index (χ1v) is 9.82. The number of carbonyl (C=O) groups is 1. The second kappa shape index (κ2) is 9.78. The van der Waals surface area contributed by atoms with Crippen LogP contribution >= 0.6 is 0 Å². The molecule has 1 aliphatic carbocycles. The highest BCUT2D eigenvalue weighted by Gasteiger charge is 2.33. The van der Waals surface area contributed by atoms with Gasteiger partial charge in [-0.15, -0.1) is 0 Å². The van der Waals surface area contributed by atoms with Crippen molar-refractivity contribution in [2.24, 2.45) is 11.8 Å². The zero-order valence-electron chi connectivity index (χ0n) is 17.4. The lowest BCUT2D eigenvalue weighted by atomic mass is 9.81. The SMILES string of the molecule is COc1cc(C(=O)O[C@H]2CC(C)=CCCC(C)=C[C@H](O)[C@@H]2C(C)C)ccc1O. The molecule has 0 radical (unpaired) electrons. The van der Waals surface area contributed by atoms with Gasteiger partial charge in [-0.3, -0.25) is 0 Å². The summed E-state index contributed by atoms with van der Waals surface area (Å²) in [4.78, 5) is 12.8. The molecule has 0 amide bonds. The number of hydrogen-bond donors (Lipinski definition) is 2. The smallest absolute Gasteiger partial charge is 0.338 e. The average molecular weight is 389 g/mol. The fourth-order valence-corrected chi connectivity index (χ4v) is 3.74. The summed E-state index contributed by atoms with van der Waals surface area (Å²) in [5, 5.41) is 20.6. The van der Waals surface area contributed by atoms with Crippen LogP contribution in [0, 0.1) is 11.8 Å². The highest BCUT2D eigenvalue weighted by molar-refractivity contribution is 5.90.